The summed E-state index contributed by atoms with van der Waals surface area (Å²) >= 11 is 5.69. The summed E-state index contributed by atoms with van der Waals surface area (Å²) in [5, 5.41) is 0. The summed E-state index contributed by atoms with van der Waals surface area (Å²) in [5.74, 6) is -0.374. The Morgan fingerprint density at radius 1 is 0.857 bits per heavy atom. The summed E-state index contributed by atoms with van der Waals surface area (Å²) in [4.78, 5) is 52.4. The minimum atomic E-state index is -1.11. The number of ether oxygens (including phenoxy) is 3. The van der Waals surface area contributed by atoms with Crippen LogP contribution in [0.4, 0.5) is 14.4 Å². The van der Waals surface area contributed by atoms with E-state index in [0.717, 1.165) is 5.56 Å². The Balaban J connectivity index is 2.91. The van der Waals surface area contributed by atoms with Crippen LogP contribution in [0.25, 0.3) is 0 Å². The number of hydrogen-bond donors (Lipinski definition) is 0. The van der Waals surface area contributed by atoms with E-state index in [2.05, 4.69) is 0 Å². The third kappa shape index (κ3) is 10.5. The summed E-state index contributed by atoms with van der Waals surface area (Å²) in [6.07, 6.45) is -2.45. The lowest BCUT2D eigenvalue weighted by Gasteiger charge is -2.31. The zero-order chi connectivity index (χ0) is 27.0. The molecule has 0 radical (unpaired) electrons. The normalized spacial score (nSPS) is 12.4. The second-order valence-corrected chi connectivity index (χ2v) is 10.2. The van der Waals surface area contributed by atoms with Crippen LogP contribution in [0, 0.1) is 0 Å². The van der Waals surface area contributed by atoms with Crippen LogP contribution in [-0.4, -0.2) is 63.7 Å². The van der Waals surface area contributed by atoms with E-state index in [1.165, 1.54) is 11.8 Å². The van der Waals surface area contributed by atoms with Crippen LogP contribution in [0.15, 0.2) is 24.3 Å². The monoisotopic (exact) mass is 512 g/mol. The average molecular weight is 513 g/mol. The van der Waals surface area contributed by atoms with Crippen molar-refractivity contribution in [2.75, 3.05) is 12.5 Å². The third-order valence-electron chi connectivity index (χ3n) is 4.58. The molecule has 10 heteroatoms. The largest absolute Gasteiger partial charge is 0.445 e. The van der Waals surface area contributed by atoms with Crippen LogP contribution >= 0.6 is 11.6 Å². The molecule has 0 aliphatic carbocycles. The predicted molar refractivity (Wildman–Crippen MR) is 132 cm³/mol. The van der Waals surface area contributed by atoms with Gasteiger partial charge in [0.05, 0.1) is 6.00 Å². The van der Waals surface area contributed by atoms with Gasteiger partial charge < -0.3 is 14.2 Å². The van der Waals surface area contributed by atoms with Gasteiger partial charge in [-0.05, 0) is 66.5 Å². The topological polar surface area (TPSA) is 102 Å². The maximum atomic E-state index is 13.0. The van der Waals surface area contributed by atoms with Crippen LogP contribution in [0.5, 0.6) is 0 Å². The van der Waals surface area contributed by atoms with E-state index in [-0.39, 0.29) is 24.8 Å². The van der Waals surface area contributed by atoms with Crippen molar-refractivity contribution in [3.05, 3.63) is 35.4 Å². The molecular weight excluding hydrogens is 476 g/mol. The number of Topliss-reactive ketones (excluding diaryl/α,β-unsaturated/α-hetero) is 1. The molecule has 0 saturated carbocycles. The van der Waals surface area contributed by atoms with Crippen molar-refractivity contribution < 1.29 is 33.4 Å². The highest BCUT2D eigenvalue weighted by molar-refractivity contribution is 6.18. The summed E-state index contributed by atoms with van der Waals surface area (Å²) in [6, 6.07) is 5.83. The summed E-state index contributed by atoms with van der Waals surface area (Å²) in [5.41, 5.74) is -0.326. The van der Waals surface area contributed by atoms with Crippen molar-refractivity contribution in [3.8, 4) is 0 Å². The predicted octanol–water partition coefficient (Wildman–Crippen LogP) is 5.51. The number of carbonyl (C=O) groups is 4. The van der Waals surface area contributed by atoms with Gasteiger partial charge in [-0.25, -0.2) is 19.3 Å². The zero-order valence-electron chi connectivity index (χ0n) is 21.8. The van der Waals surface area contributed by atoms with Gasteiger partial charge in [0, 0.05) is 13.0 Å². The number of nitrogens with zero attached hydrogens (tertiary/aromatic N) is 2. The van der Waals surface area contributed by atoms with Gasteiger partial charge in [-0.2, -0.15) is 0 Å². The third-order valence-corrected chi connectivity index (χ3v) is 4.87. The molecule has 35 heavy (non-hydrogen) atoms. The molecule has 9 nitrogen and oxygen atoms in total. The Morgan fingerprint density at radius 2 is 1.31 bits per heavy atom. The van der Waals surface area contributed by atoms with E-state index in [1.807, 2.05) is 0 Å². The lowest BCUT2D eigenvalue weighted by molar-refractivity contribution is -0.123. The number of hydrogen-bond acceptors (Lipinski definition) is 7. The number of amides is 3. The number of carbonyl (C=O) groups excluding carboxylic acids is 4. The number of benzene rings is 1. The maximum Gasteiger partial charge on any atom is 0.420 e. The van der Waals surface area contributed by atoms with Crippen molar-refractivity contribution in [2.24, 2.45) is 0 Å². The van der Waals surface area contributed by atoms with Crippen molar-refractivity contribution >= 4 is 35.7 Å². The zero-order valence-corrected chi connectivity index (χ0v) is 22.6. The van der Waals surface area contributed by atoms with Gasteiger partial charge in [-0.15, -0.1) is 11.6 Å². The van der Waals surface area contributed by atoms with Gasteiger partial charge in [0.2, 0.25) is 0 Å². The van der Waals surface area contributed by atoms with Gasteiger partial charge in [0.1, 0.15) is 23.9 Å². The molecule has 1 aromatic rings. The number of ketones is 1. The molecule has 0 aromatic heterocycles. The molecule has 1 rings (SSSR count). The fourth-order valence-corrected chi connectivity index (χ4v) is 3.02. The van der Waals surface area contributed by atoms with Crippen LogP contribution < -0.4 is 0 Å². The number of halogens is 1. The molecule has 3 amide bonds. The fourth-order valence-electron chi connectivity index (χ4n) is 2.76. The Morgan fingerprint density at radius 3 is 1.71 bits per heavy atom. The van der Waals surface area contributed by atoms with E-state index in [9.17, 15) is 19.2 Å². The number of alkyl halides is 1. The molecule has 0 aliphatic heterocycles. The highest BCUT2D eigenvalue weighted by Gasteiger charge is 2.37. The first-order chi connectivity index (χ1) is 16.1. The van der Waals surface area contributed by atoms with E-state index >= 15 is 0 Å². The smallest absolute Gasteiger partial charge is 0.420 e. The van der Waals surface area contributed by atoms with Crippen LogP contribution in [0.1, 0.15) is 66.5 Å². The molecule has 0 aliphatic rings. The first-order valence-electron chi connectivity index (χ1n) is 11.4. The molecule has 1 aromatic carbocycles. The molecule has 0 fully saturated rings. The molecule has 0 bridgehead atoms. The maximum absolute atomic E-state index is 13.0. The Labute approximate surface area is 212 Å². The van der Waals surface area contributed by atoms with Gasteiger partial charge in [0.15, 0.2) is 5.78 Å². The van der Waals surface area contributed by atoms with Crippen molar-refractivity contribution in [1.82, 2.24) is 9.80 Å². The van der Waals surface area contributed by atoms with E-state index < -0.39 is 35.5 Å². The molecule has 196 valence electrons. The molecule has 0 N–H and O–H groups in total. The SMILES string of the molecule is CCN(CCl)C(=O)OCc1ccc(CC(=O)[C@H](C)N(C(=O)OC(C)(C)C)C(=O)OC(C)(C)C)cc1. The lowest BCUT2D eigenvalue weighted by atomic mass is 10.0. The van der Waals surface area contributed by atoms with Crippen molar-refractivity contribution in [1.29, 1.82) is 0 Å². The fraction of sp³-hybridized carbons (Fsp3) is 0.600. The molecule has 1 atom stereocenters. The van der Waals surface area contributed by atoms with Gasteiger partial charge >= 0.3 is 18.3 Å². The lowest BCUT2D eigenvalue weighted by Crippen LogP contribution is -2.51. The van der Waals surface area contributed by atoms with Crippen molar-refractivity contribution in [3.63, 3.8) is 0 Å². The summed E-state index contributed by atoms with van der Waals surface area (Å²) < 4.78 is 15.9. The molecular formula is C25H37ClN2O7. The quantitative estimate of drug-likeness (QED) is 0.257. The highest BCUT2D eigenvalue weighted by Crippen LogP contribution is 2.18. The van der Waals surface area contributed by atoms with Crippen LogP contribution in [0.2, 0.25) is 0 Å². The van der Waals surface area contributed by atoms with E-state index in [0.29, 0.717) is 17.0 Å². The van der Waals surface area contributed by atoms with E-state index in [4.69, 9.17) is 25.8 Å². The summed E-state index contributed by atoms with van der Waals surface area (Å²) in [7, 11) is 0. The molecule has 0 saturated heterocycles. The molecule has 0 heterocycles. The second-order valence-electron chi connectivity index (χ2n) is 10.00. The molecule has 0 spiro atoms. The number of rotatable bonds is 8. The van der Waals surface area contributed by atoms with Gasteiger partial charge in [0.25, 0.3) is 0 Å². The summed E-state index contributed by atoms with van der Waals surface area (Å²) in [6.45, 7) is 13.7. The number of imide groups is 1. The average Bonchev–Trinajstić information content (AvgIpc) is 2.71. The minimum Gasteiger partial charge on any atom is -0.445 e. The Hall–Kier alpha value is -2.81. The Bertz CT molecular complexity index is 857. The van der Waals surface area contributed by atoms with Crippen LogP contribution in [-0.2, 0) is 32.0 Å². The standard InChI is InChI=1S/C25H37ClN2O7/c1-9-27(16-26)21(30)33-15-19-12-10-18(11-13-19)14-20(29)17(2)28(22(31)34-24(3,4)5)23(32)35-25(6,7)8/h10-13,17H,9,14-16H2,1-8H3/t17-/m0/s1. The van der Waals surface area contributed by atoms with Gasteiger partial charge in [-0.3, -0.25) is 9.69 Å². The molecule has 0 unspecified atom stereocenters. The highest BCUT2D eigenvalue weighted by atomic mass is 35.5. The Kier molecular flexibility index (Phi) is 11.0. The van der Waals surface area contributed by atoms with Crippen LogP contribution in [0.3, 0.4) is 0 Å². The second kappa shape index (κ2) is 12.8. The van der Waals surface area contributed by atoms with Crippen molar-refractivity contribution in [2.45, 2.75) is 85.7 Å². The first kappa shape index (κ1) is 30.2. The van der Waals surface area contributed by atoms with E-state index in [1.54, 1.807) is 72.7 Å². The van der Waals surface area contributed by atoms with Gasteiger partial charge in [-0.1, -0.05) is 24.3 Å². The first-order valence-corrected chi connectivity index (χ1v) is 11.9. The minimum absolute atomic E-state index is 0.0286.